The van der Waals surface area contributed by atoms with Gasteiger partial charge in [0.1, 0.15) is 11.6 Å². The van der Waals surface area contributed by atoms with Crippen LogP contribution in [0.15, 0.2) is 18.3 Å². The van der Waals surface area contributed by atoms with Crippen LogP contribution in [0.5, 0.6) is 5.75 Å². The van der Waals surface area contributed by atoms with Gasteiger partial charge in [-0.15, -0.1) is 24.8 Å². The SMILES string of the molecule is COc1ccnc(N2CCN(C(=O)CC3CSCCN3)CC2)c1.Cl.Cl. The van der Waals surface area contributed by atoms with Crippen molar-refractivity contribution in [2.45, 2.75) is 12.5 Å². The van der Waals surface area contributed by atoms with Gasteiger partial charge >= 0.3 is 0 Å². The third-order valence-electron chi connectivity index (χ3n) is 4.33. The van der Waals surface area contributed by atoms with Gasteiger partial charge in [0, 0.05) is 69.0 Å². The van der Waals surface area contributed by atoms with Crippen LogP contribution in [-0.2, 0) is 4.79 Å². The minimum atomic E-state index is 0. The molecule has 1 atom stereocenters. The molecule has 25 heavy (non-hydrogen) atoms. The number of rotatable bonds is 4. The van der Waals surface area contributed by atoms with E-state index in [1.807, 2.05) is 28.8 Å². The number of amides is 1. The average Bonchev–Trinajstić information content (AvgIpc) is 2.63. The Morgan fingerprint density at radius 3 is 2.76 bits per heavy atom. The number of nitrogens with zero attached hydrogens (tertiary/aromatic N) is 3. The molecule has 1 amide bonds. The number of hydrogen-bond donors (Lipinski definition) is 1. The number of hydrogen-bond acceptors (Lipinski definition) is 6. The summed E-state index contributed by atoms with van der Waals surface area (Å²) in [5, 5.41) is 3.43. The largest absolute Gasteiger partial charge is 0.497 e. The summed E-state index contributed by atoms with van der Waals surface area (Å²) < 4.78 is 5.25. The summed E-state index contributed by atoms with van der Waals surface area (Å²) in [4.78, 5) is 21.0. The molecule has 9 heteroatoms. The summed E-state index contributed by atoms with van der Waals surface area (Å²) in [6, 6.07) is 4.12. The fourth-order valence-corrected chi connectivity index (χ4v) is 3.92. The fraction of sp³-hybridized carbons (Fsp3) is 0.625. The molecule has 2 fully saturated rings. The predicted octanol–water partition coefficient (Wildman–Crippen LogP) is 1.68. The molecule has 0 saturated carbocycles. The highest BCUT2D eigenvalue weighted by atomic mass is 35.5. The van der Waals surface area contributed by atoms with Crippen LogP contribution in [-0.4, -0.2) is 73.2 Å². The second-order valence-electron chi connectivity index (χ2n) is 5.85. The van der Waals surface area contributed by atoms with Crippen molar-refractivity contribution in [3.63, 3.8) is 0 Å². The van der Waals surface area contributed by atoms with E-state index < -0.39 is 0 Å². The van der Waals surface area contributed by atoms with Gasteiger partial charge in [0.2, 0.25) is 5.91 Å². The summed E-state index contributed by atoms with van der Waals surface area (Å²) in [6.45, 7) is 4.17. The molecule has 1 aromatic heterocycles. The summed E-state index contributed by atoms with van der Waals surface area (Å²) in [5.41, 5.74) is 0. The molecule has 0 bridgehead atoms. The highest BCUT2D eigenvalue weighted by molar-refractivity contribution is 7.99. The maximum absolute atomic E-state index is 12.4. The van der Waals surface area contributed by atoms with Gasteiger partial charge in [-0.3, -0.25) is 4.79 Å². The molecule has 0 spiro atoms. The Hall–Kier alpha value is -0.890. The number of ether oxygens (including phenoxy) is 1. The Balaban J connectivity index is 0.00000156. The number of methoxy groups -OCH3 is 1. The summed E-state index contributed by atoms with van der Waals surface area (Å²) >= 11 is 1.93. The van der Waals surface area contributed by atoms with E-state index >= 15 is 0 Å². The van der Waals surface area contributed by atoms with Crippen molar-refractivity contribution in [3.05, 3.63) is 18.3 Å². The van der Waals surface area contributed by atoms with E-state index in [1.165, 1.54) is 0 Å². The topological polar surface area (TPSA) is 57.7 Å². The first-order valence-electron chi connectivity index (χ1n) is 8.10. The predicted molar refractivity (Wildman–Crippen MR) is 108 cm³/mol. The number of aromatic nitrogens is 1. The van der Waals surface area contributed by atoms with Crippen LogP contribution in [0.1, 0.15) is 6.42 Å². The Labute approximate surface area is 165 Å². The molecule has 1 aromatic rings. The number of carbonyl (C=O) groups is 1. The van der Waals surface area contributed by atoms with Crippen molar-refractivity contribution >= 4 is 48.3 Å². The van der Waals surface area contributed by atoms with E-state index in [-0.39, 0.29) is 30.7 Å². The van der Waals surface area contributed by atoms with Gasteiger partial charge in [-0.25, -0.2) is 4.98 Å². The molecule has 1 unspecified atom stereocenters. The minimum absolute atomic E-state index is 0. The van der Waals surface area contributed by atoms with Crippen molar-refractivity contribution in [1.82, 2.24) is 15.2 Å². The normalized spacial score (nSPS) is 20.3. The van der Waals surface area contributed by atoms with Crippen molar-refractivity contribution in [2.24, 2.45) is 0 Å². The van der Waals surface area contributed by atoms with Gasteiger partial charge < -0.3 is 19.9 Å². The van der Waals surface area contributed by atoms with Gasteiger partial charge in [-0.1, -0.05) is 0 Å². The number of anilines is 1. The molecule has 0 radical (unpaired) electrons. The Morgan fingerprint density at radius 1 is 1.36 bits per heavy atom. The first-order chi connectivity index (χ1) is 11.3. The average molecular weight is 409 g/mol. The van der Waals surface area contributed by atoms with Crippen molar-refractivity contribution in [1.29, 1.82) is 0 Å². The van der Waals surface area contributed by atoms with E-state index in [2.05, 4.69) is 15.2 Å². The van der Waals surface area contributed by atoms with E-state index in [1.54, 1.807) is 13.3 Å². The van der Waals surface area contributed by atoms with Crippen molar-refractivity contribution in [3.8, 4) is 5.75 Å². The minimum Gasteiger partial charge on any atom is -0.497 e. The number of thioether (sulfide) groups is 1. The van der Waals surface area contributed by atoms with Crippen molar-refractivity contribution < 1.29 is 9.53 Å². The van der Waals surface area contributed by atoms with E-state index in [4.69, 9.17) is 4.74 Å². The smallest absolute Gasteiger partial charge is 0.224 e. The number of carbonyl (C=O) groups excluding carboxylic acids is 1. The highest BCUT2D eigenvalue weighted by Gasteiger charge is 2.25. The quantitative estimate of drug-likeness (QED) is 0.817. The van der Waals surface area contributed by atoms with E-state index in [0.29, 0.717) is 12.5 Å². The number of piperazine rings is 1. The second-order valence-corrected chi connectivity index (χ2v) is 7.00. The molecule has 3 rings (SSSR count). The van der Waals surface area contributed by atoms with Crippen LogP contribution in [0.25, 0.3) is 0 Å². The summed E-state index contributed by atoms with van der Waals surface area (Å²) in [7, 11) is 1.66. The lowest BCUT2D eigenvalue weighted by Gasteiger charge is -2.36. The lowest BCUT2D eigenvalue weighted by Crippen LogP contribution is -2.51. The molecular formula is C16H26Cl2N4O2S. The lowest BCUT2D eigenvalue weighted by molar-refractivity contribution is -0.131. The molecule has 2 saturated heterocycles. The number of halogens is 2. The van der Waals surface area contributed by atoms with E-state index in [0.717, 1.165) is 55.8 Å². The van der Waals surface area contributed by atoms with Crippen LogP contribution in [0.3, 0.4) is 0 Å². The van der Waals surface area contributed by atoms with Crippen molar-refractivity contribution in [2.75, 3.05) is 56.2 Å². The van der Waals surface area contributed by atoms with Gasteiger partial charge in [0.15, 0.2) is 0 Å². The third-order valence-corrected chi connectivity index (χ3v) is 5.46. The monoisotopic (exact) mass is 408 g/mol. The maximum atomic E-state index is 12.4. The van der Waals surface area contributed by atoms with Crippen LogP contribution >= 0.6 is 36.6 Å². The molecule has 3 heterocycles. The van der Waals surface area contributed by atoms with Crippen LogP contribution in [0.2, 0.25) is 0 Å². The maximum Gasteiger partial charge on any atom is 0.224 e. The fourth-order valence-electron chi connectivity index (χ4n) is 2.98. The van der Waals surface area contributed by atoms with Crippen LogP contribution in [0.4, 0.5) is 5.82 Å². The molecule has 2 aliphatic rings. The second kappa shape index (κ2) is 11.0. The molecule has 2 aliphatic heterocycles. The molecule has 0 aromatic carbocycles. The zero-order valence-electron chi connectivity index (χ0n) is 14.3. The Kier molecular flexibility index (Phi) is 9.71. The zero-order valence-corrected chi connectivity index (χ0v) is 16.8. The molecule has 1 N–H and O–H groups in total. The zero-order chi connectivity index (χ0) is 16.1. The standard InChI is InChI=1S/C16H24N4O2S.2ClH/c1-22-14-2-3-18-15(11-14)19-5-7-20(8-6-19)16(21)10-13-12-23-9-4-17-13;;/h2-3,11,13,17H,4-10,12H2,1H3;2*1H. The summed E-state index contributed by atoms with van der Waals surface area (Å²) in [5.74, 6) is 4.19. The third kappa shape index (κ3) is 6.09. The van der Waals surface area contributed by atoms with Crippen LogP contribution in [0, 0.1) is 0 Å². The Bertz CT molecular complexity index is 539. The van der Waals surface area contributed by atoms with Gasteiger partial charge in [-0.05, 0) is 6.07 Å². The lowest BCUT2D eigenvalue weighted by atomic mass is 10.2. The number of nitrogens with one attached hydrogen (secondary N) is 1. The molecule has 142 valence electrons. The van der Waals surface area contributed by atoms with Gasteiger partial charge in [-0.2, -0.15) is 11.8 Å². The molecular weight excluding hydrogens is 383 g/mol. The van der Waals surface area contributed by atoms with Gasteiger partial charge in [0.25, 0.3) is 0 Å². The highest BCUT2D eigenvalue weighted by Crippen LogP contribution is 2.20. The molecule has 0 aliphatic carbocycles. The molecule has 6 nitrogen and oxygen atoms in total. The van der Waals surface area contributed by atoms with E-state index in [9.17, 15) is 4.79 Å². The number of pyridine rings is 1. The summed E-state index contributed by atoms with van der Waals surface area (Å²) in [6.07, 6.45) is 2.38. The first-order valence-corrected chi connectivity index (χ1v) is 9.25. The Morgan fingerprint density at radius 2 is 2.12 bits per heavy atom. The first kappa shape index (κ1) is 22.2. The van der Waals surface area contributed by atoms with Gasteiger partial charge in [0.05, 0.1) is 7.11 Å². The van der Waals surface area contributed by atoms with Crippen LogP contribution < -0.4 is 15.0 Å².